The molecule has 0 heterocycles. The molecule has 1 aromatic rings. The molecule has 0 spiro atoms. The Morgan fingerprint density at radius 1 is 0.844 bits per heavy atom. The summed E-state index contributed by atoms with van der Waals surface area (Å²) in [6.45, 7) is 2.26. The van der Waals surface area contributed by atoms with Gasteiger partial charge in [0.05, 0.1) is 7.11 Å². The number of nitrogens with one attached hydrogen (secondary N) is 1. The highest BCUT2D eigenvalue weighted by molar-refractivity contribution is 5.84. The number of esters is 1. The molecule has 1 amide bonds. The molecule has 0 aliphatic carbocycles. The number of benzene rings is 1. The standard InChI is InChI=1S/C28H45NO3/c1-3-4-5-6-7-8-9-10-11-12-13-14-15-16-20-23-27(30)29-26(28(31)32-2)24-25-21-18-17-19-22-25/h10-11,17-19,21-22,26H,3-9,12-16,20,23-24H2,1-2H3,(H,29,30)/b11-10-/t26-/m0/s1. The van der Waals surface area contributed by atoms with Crippen LogP contribution in [0.3, 0.4) is 0 Å². The lowest BCUT2D eigenvalue weighted by Crippen LogP contribution is -2.43. The summed E-state index contributed by atoms with van der Waals surface area (Å²) in [5.41, 5.74) is 1.00. The third-order valence-electron chi connectivity index (χ3n) is 5.77. The van der Waals surface area contributed by atoms with Gasteiger partial charge < -0.3 is 10.1 Å². The van der Waals surface area contributed by atoms with E-state index in [9.17, 15) is 9.59 Å². The fourth-order valence-electron chi connectivity index (χ4n) is 3.81. The first-order chi connectivity index (χ1) is 15.7. The van der Waals surface area contributed by atoms with Gasteiger partial charge in [0.25, 0.3) is 0 Å². The monoisotopic (exact) mass is 443 g/mol. The van der Waals surface area contributed by atoms with Gasteiger partial charge in [-0.2, -0.15) is 0 Å². The first kappa shape index (κ1) is 27.9. The molecule has 0 bridgehead atoms. The Kier molecular flexibility index (Phi) is 17.1. The zero-order valence-electron chi connectivity index (χ0n) is 20.5. The second kappa shape index (κ2) is 19.6. The fraction of sp³-hybridized carbons (Fsp3) is 0.643. The minimum absolute atomic E-state index is 0.0750. The summed E-state index contributed by atoms with van der Waals surface area (Å²) in [6.07, 6.45) is 21.6. The molecule has 4 nitrogen and oxygen atoms in total. The average Bonchev–Trinajstić information content (AvgIpc) is 2.81. The molecule has 1 rings (SSSR count). The summed E-state index contributed by atoms with van der Waals surface area (Å²) in [5.74, 6) is -0.472. The highest BCUT2D eigenvalue weighted by atomic mass is 16.5. The largest absolute Gasteiger partial charge is 0.467 e. The van der Waals surface area contributed by atoms with E-state index in [-0.39, 0.29) is 5.91 Å². The maximum Gasteiger partial charge on any atom is 0.328 e. The van der Waals surface area contributed by atoms with Crippen molar-refractivity contribution in [1.29, 1.82) is 0 Å². The Morgan fingerprint density at radius 2 is 1.41 bits per heavy atom. The first-order valence-corrected chi connectivity index (χ1v) is 12.7. The van der Waals surface area contributed by atoms with E-state index in [1.54, 1.807) is 0 Å². The van der Waals surface area contributed by atoms with Crippen LogP contribution in [0.2, 0.25) is 0 Å². The van der Waals surface area contributed by atoms with Gasteiger partial charge >= 0.3 is 5.97 Å². The second-order valence-corrected chi connectivity index (χ2v) is 8.67. The number of rotatable bonds is 19. The Morgan fingerprint density at radius 3 is 2.00 bits per heavy atom. The van der Waals surface area contributed by atoms with Crippen LogP contribution in [0.5, 0.6) is 0 Å². The molecule has 1 N–H and O–H groups in total. The Labute approximate surface area is 196 Å². The highest BCUT2D eigenvalue weighted by Crippen LogP contribution is 2.10. The molecule has 0 saturated heterocycles. The van der Waals surface area contributed by atoms with Gasteiger partial charge in [-0.25, -0.2) is 4.79 Å². The molecular formula is C28H45NO3. The lowest BCUT2D eigenvalue weighted by atomic mass is 10.1. The summed E-state index contributed by atoms with van der Waals surface area (Å²) in [7, 11) is 1.36. The van der Waals surface area contributed by atoms with Gasteiger partial charge in [0.2, 0.25) is 5.91 Å². The highest BCUT2D eigenvalue weighted by Gasteiger charge is 2.21. The van der Waals surface area contributed by atoms with E-state index in [2.05, 4.69) is 24.4 Å². The van der Waals surface area contributed by atoms with E-state index in [0.717, 1.165) is 31.2 Å². The molecule has 0 unspecified atom stereocenters. The Hall–Kier alpha value is -2.10. The van der Waals surface area contributed by atoms with Crippen molar-refractivity contribution in [2.24, 2.45) is 0 Å². The van der Waals surface area contributed by atoms with Crippen LogP contribution in [0.25, 0.3) is 0 Å². The van der Waals surface area contributed by atoms with Crippen LogP contribution in [0.4, 0.5) is 0 Å². The zero-order chi connectivity index (χ0) is 23.3. The van der Waals surface area contributed by atoms with Crippen LogP contribution < -0.4 is 5.32 Å². The van der Waals surface area contributed by atoms with E-state index >= 15 is 0 Å². The van der Waals surface area contributed by atoms with Crippen LogP contribution in [0, 0.1) is 0 Å². The number of hydrogen-bond acceptors (Lipinski definition) is 3. The van der Waals surface area contributed by atoms with Crippen LogP contribution in [-0.4, -0.2) is 25.0 Å². The number of hydrogen-bond donors (Lipinski definition) is 1. The summed E-state index contributed by atoms with van der Waals surface area (Å²) in [4.78, 5) is 24.3. The predicted molar refractivity (Wildman–Crippen MR) is 134 cm³/mol. The minimum atomic E-state index is -0.627. The molecule has 1 aromatic carbocycles. The fourth-order valence-corrected chi connectivity index (χ4v) is 3.81. The molecule has 0 radical (unpaired) electrons. The zero-order valence-corrected chi connectivity index (χ0v) is 20.5. The molecule has 180 valence electrons. The molecule has 0 aromatic heterocycles. The topological polar surface area (TPSA) is 55.4 Å². The molecule has 32 heavy (non-hydrogen) atoms. The number of ether oxygens (including phenoxy) is 1. The molecule has 0 saturated carbocycles. The quantitative estimate of drug-likeness (QED) is 0.143. The summed E-state index contributed by atoms with van der Waals surface area (Å²) in [5, 5.41) is 2.84. The number of methoxy groups -OCH3 is 1. The van der Waals surface area contributed by atoms with Gasteiger partial charge in [-0.1, -0.05) is 101 Å². The van der Waals surface area contributed by atoms with E-state index in [4.69, 9.17) is 4.74 Å². The third-order valence-corrected chi connectivity index (χ3v) is 5.77. The van der Waals surface area contributed by atoms with Gasteiger partial charge in [0, 0.05) is 12.8 Å². The second-order valence-electron chi connectivity index (χ2n) is 8.67. The summed E-state index contributed by atoms with van der Waals surface area (Å²) in [6, 6.07) is 9.06. The summed E-state index contributed by atoms with van der Waals surface area (Å²) < 4.78 is 4.86. The molecule has 1 atom stereocenters. The smallest absolute Gasteiger partial charge is 0.328 e. The van der Waals surface area contributed by atoms with Crippen molar-refractivity contribution in [3.8, 4) is 0 Å². The van der Waals surface area contributed by atoms with E-state index in [1.807, 2.05) is 30.3 Å². The predicted octanol–water partition coefficient (Wildman–Crippen LogP) is 6.92. The third kappa shape index (κ3) is 14.8. The maximum atomic E-state index is 12.3. The van der Waals surface area contributed by atoms with Crippen molar-refractivity contribution >= 4 is 11.9 Å². The Balaban J connectivity index is 2.05. The first-order valence-electron chi connectivity index (χ1n) is 12.7. The molecular weight excluding hydrogens is 398 g/mol. The summed E-state index contributed by atoms with van der Waals surface area (Å²) >= 11 is 0. The lowest BCUT2D eigenvalue weighted by molar-refractivity contribution is -0.145. The molecule has 0 aliphatic heterocycles. The van der Waals surface area contributed by atoms with Crippen LogP contribution in [-0.2, 0) is 20.7 Å². The van der Waals surface area contributed by atoms with Crippen molar-refractivity contribution < 1.29 is 14.3 Å². The van der Waals surface area contributed by atoms with Crippen molar-refractivity contribution in [3.63, 3.8) is 0 Å². The number of amides is 1. The maximum absolute atomic E-state index is 12.3. The Bertz CT molecular complexity index is 627. The molecule has 0 aliphatic rings. The van der Waals surface area contributed by atoms with E-state index in [0.29, 0.717) is 12.8 Å². The van der Waals surface area contributed by atoms with E-state index < -0.39 is 12.0 Å². The normalized spacial score (nSPS) is 12.1. The molecule has 4 heteroatoms. The van der Waals surface area contributed by atoms with Gasteiger partial charge in [0.1, 0.15) is 6.04 Å². The lowest BCUT2D eigenvalue weighted by Gasteiger charge is -2.16. The average molecular weight is 444 g/mol. The van der Waals surface area contributed by atoms with Crippen molar-refractivity contribution in [1.82, 2.24) is 5.32 Å². The number of carbonyl (C=O) groups excluding carboxylic acids is 2. The van der Waals surface area contributed by atoms with Gasteiger partial charge in [-0.15, -0.1) is 0 Å². The van der Waals surface area contributed by atoms with Crippen molar-refractivity contribution in [2.75, 3.05) is 7.11 Å². The number of carbonyl (C=O) groups is 2. The van der Waals surface area contributed by atoms with Crippen molar-refractivity contribution in [3.05, 3.63) is 48.0 Å². The van der Waals surface area contributed by atoms with Gasteiger partial charge in [-0.05, 0) is 37.7 Å². The van der Waals surface area contributed by atoms with E-state index in [1.165, 1.54) is 64.9 Å². The van der Waals surface area contributed by atoms with Gasteiger partial charge in [0.15, 0.2) is 0 Å². The minimum Gasteiger partial charge on any atom is -0.467 e. The van der Waals surface area contributed by atoms with Crippen LogP contribution in [0.1, 0.15) is 102 Å². The molecule has 0 fully saturated rings. The van der Waals surface area contributed by atoms with Crippen molar-refractivity contribution in [2.45, 2.75) is 109 Å². The van der Waals surface area contributed by atoms with Crippen LogP contribution in [0.15, 0.2) is 42.5 Å². The number of unbranched alkanes of at least 4 members (excludes halogenated alkanes) is 11. The number of allylic oxidation sites excluding steroid dienone is 2. The van der Waals surface area contributed by atoms with Crippen LogP contribution >= 0.6 is 0 Å². The SMILES string of the molecule is CCCCCCCC/C=C\CCCCCCCC(=O)N[C@@H](Cc1ccccc1)C(=O)OC. The van der Waals surface area contributed by atoms with Gasteiger partial charge in [-0.3, -0.25) is 4.79 Å².